The lowest BCUT2D eigenvalue weighted by molar-refractivity contribution is 0.0862. The molecule has 2 aromatic heterocycles. The number of pyridine rings is 1. The normalized spacial score (nSPS) is 15.9. The van der Waals surface area contributed by atoms with Crippen LogP contribution in [0.25, 0.3) is 11.3 Å². The largest absolute Gasteiger partial charge is 0.292 e. The molecule has 184 valence electrons. The number of carbonyl (C=O) groups is 1. The maximum absolute atomic E-state index is 13.3. The minimum absolute atomic E-state index is 0.0716. The Morgan fingerprint density at radius 3 is 2.46 bits per heavy atom. The first-order valence-electron chi connectivity index (χ1n) is 11.9. The Morgan fingerprint density at radius 1 is 1.11 bits per heavy atom. The summed E-state index contributed by atoms with van der Waals surface area (Å²) in [7, 11) is 1.78. The molecule has 9 heteroatoms. The van der Waals surface area contributed by atoms with E-state index in [-0.39, 0.29) is 17.3 Å². The summed E-state index contributed by atoms with van der Waals surface area (Å²) in [4.78, 5) is 25.9. The topological polar surface area (TPSA) is 66.6 Å². The molecule has 0 saturated carbocycles. The summed E-state index contributed by atoms with van der Waals surface area (Å²) in [5.74, 6) is 1.75. The quantitative estimate of drug-likeness (QED) is 0.450. The SMILES string of the molecule is CC.CCSc1c2c(nn1Cc1ccc(-c3ccc(F)cn3)cc1)N1CC(C)(C)N=C1N(C)C2=O. The lowest BCUT2D eigenvalue weighted by Gasteiger charge is -2.30. The van der Waals surface area contributed by atoms with E-state index < -0.39 is 0 Å². The third-order valence-electron chi connectivity index (χ3n) is 5.74. The van der Waals surface area contributed by atoms with Gasteiger partial charge in [-0.25, -0.2) is 9.38 Å². The van der Waals surface area contributed by atoms with Crippen LogP contribution in [0.5, 0.6) is 0 Å². The number of halogens is 1. The predicted octanol–water partition coefficient (Wildman–Crippen LogP) is 5.31. The minimum Gasteiger partial charge on any atom is -0.292 e. The van der Waals surface area contributed by atoms with Crippen molar-refractivity contribution in [2.45, 2.75) is 51.7 Å². The Hall–Kier alpha value is -3.20. The molecule has 1 aromatic carbocycles. The fraction of sp³-hybridized carbons (Fsp3) is 0.385. The summed E-state index contributed by atoms with van der Waals surface area (Å²) >= 11 is 1.62. The van der Waals surface area contributed by atoms with E-state index in [1.54, 1.807) is 29.8 Å². The molecule has 0 spiro atoms. The molecule has 2 aliphatic rings. The molecule has 1 amide bonds. The molecule has 0 fully saturated rings. The Bertz CT molecular complexity index is 1250. The molecule has 35 heavy (non-hydrogen) atoms. The van der Waals surface area contributed by atoms with Crippen molar-refractivity contribution in [2.75, 3.05) is 24.2 Å². The third-order valence-corrected chi connectivity index (χ3v) is 6.72. The number of anilines is 1. The van der Waals surface area contributed by atoms with Crippen LogP contribution in [-0.2, 0) is 6.54 Å². The average Bonchev–Trinajstić information content (AvgIpc) is 3.37. The zero-order valence-corrected chi connectivity index (χ0v) is 21.9. The second kappa shape index (κ2) is 9.81. The number of benzene rings is 1. The highest BCUT2D eigenvalue weighted by atomic mass is 32.2. The van der Waals surface area contributed by atoms with Crippen molar-refractivity contribution in [1.29, 1.82) is 0 Å². The third kappa shape index (κ3) is 4.69. The van der Waals surface area contributed by atoms with Crippen LogP contribution in [0.2, 0.25) is 0 Å². The van der Waals surface area contributed by atoms with E-state index in [2.05, 4.69) is 30.7 Å². The standard InChI is InChI=1S/C24H25FN6OS.C2H6/c1-5-33-22-19-20(30-14-24(2,3)27-23(30)29(4)21(19)32)28-31(22)13-15-6-8-16(9-7-15)18-11-10-17(25)12-26-18;1-2/h6-12H,5,13-14H2,1-4H3;1-2H3. The highest BCUT2D eigenvalue weighted by Crippen LogP contribution is 2.39. The first kappa shape index (κ1) is 24.9. The zero-order chi connectivity index (χ0) is 25.3. The molecule has 4 heterocycles. The number of nitrogens with zero attached hydrogens (tertiary/aromatic N) is 6. The Balaban J connectivity index is 0.00000141. The fourth-order valence-electron chi connectivity index (χ4n) is 4.21. The molecule has 0 radical (unpaired) electrons. The van der Waals surface area contributed by atoms with Gasteiger partial charge in [0.2, 0.25) is 5.96 Å². The summed E-state index contributed by atoms with van der Waals surface area (Å²) in [5, 5.41) is 5.76. The van der Waals surface area contributed by atoms with Gasteiger partial charge in [0.25, 0.3) is 5.91 Å². The van der Waals surface area contributed by atoms with Crippen LogP contribution in [-0.4, -0.2) is 56.4 Å². The van der Waals surface area contributed by atoms with E-state index in [0.29, 0.717) is 30.4 Å². The summed E-state index contributed by atoms with van der Waals surface area (Å²) < 4.78 is 15.1. The van der Waals surface area contributed by atoms with Crippen LogP contribution < -0.4 is 4.90 Å². The van der Waals surface area contributed by atoms with E-state index in [9.17, 15) is 9.18 Å². The number of guanidine groups is 1. The second-order valence-corrected chi connectivity index (χ2v) is 10.1. The van der Waals surface area contributed by atoms with Crippen LogP contribution in [0.3, 0.4) is 0 Å². The molecular weight excluding hydrogens is 463 g/mol. The van der Waals surface area contributed by atoms with Gasteiger partial charge in [-0.2, -0.15) is 5.10 Å². The molecule has 2 aliphatic heterocycles. The number of aliphatic imine (C=N–C) groups is 1. The number of rotatable bonds is 5. The maximum atomic E-state index is 13.3. The molecule has 3 aromatic rings. The Morgan fingerprint density at radius 2 is 1.83 bits per heavy atom. The molecule has 0 bridgehead atoms. The van der Waals surface area contributed by atoms with Gasteiger partial charge in [0.1, 0.15) is 16.4 Å². The number of carbonyl (C=O) groups excluding carboxylic acids is 1. The van der Waals surface area contributed by atoms with Gasteiger partial charge in [0.05, 0.1) is 30.5 Å². The second-order valence-electron chi connectivity index (χ2n) is 8.83. The Labute approximate surface area is 210 Å². The number of fused-ring (bicyclic) bond motifs is 3. The van der Waals surface area contributed by atoms with Gasteiger partial charge in [-0.15, -0.1) is 11.8 Å². The van der Waals surface area contributed by atoms with Crippen LogP contribution in [0.15, 0.2) is 52.6 Å². The van der Waals surface area contributed by atoms with Crippen molar-refractivity contribution in [3.05, 3.63) is 59.5 Å². The highest BCUT2D eigenvalue weighted by Gasteiger charge is 2.44. The van der Waals surface area contributed by atoms with Gasteiger partial charge in [-0.05, 0) is 37.3 Å². The van der Waals surface area contributed by atoms with Crippen molar-refractivity contribution < 1.29 is 9.18 Å². The lowest BCUT2D eigenvalue weighted by atomic mass is 10.1. The number of hydrogen-bond acceptors (Lipinski definition) is 6. The van der Waals surface area contributed by atoms with Gasteiger partial charge >= 0.3 is 0 Å². The van der Waals surface area contributed by atoms with Crippen LogP contribution >= 0.6 is 11.8 Å². The molecule has 0 unspecified atom stereocenters. The van der Waals surface area contributed by atoms with Crippen molar-refractivity contribution >= 4 is 29.4 Å². The first-order valence-corrected chi connectivity index (χ1v) is 12.9. The van der Waals surface area contributed by atoms with Crippen molar-refractivity contribution in [1.82, 2.24) is 19.7 Å². The van der Waals surface area contributed by atoms with Crippen LogP contribution in [0, 0.1) is 5.82 Å². The van der Waals surface area contributed by atoms with Gasteiger partial charge < -0.3 is 0 Å². The van der Waals surface area contributed by atoms with Crippen molar-refractivity contribution in [3.8, 4) is 11.3 Å². The molecule has 0 aliphatic carbocycles. The number of thioether (sulfide) groups is 1. The fourth-order valence-corrected chi connectivity index (χ4v) is 5.06. The predicted molar refractivity (Wildman–Crippen MR) is 140 cm³/mol. The Kier molecular flexibility index (Phi) is 6.98. The molecule has 0 saturated heterocycles. The first-order chi connectivity index (χ1) is 16.8. The number of hydrogen-bond donors (Lipinski definition) is 0. The van der Waals surface area contributed by atoms with Gasteiger partial charge in [-0.1, -0.05) is 45.0 Å². The summed E-state index contributed by atoms with van der Waals surface area (Å²) in [6.45, 7) is 11.4. The van der Waals surface area contributed by atoms with E-state index in [1.807, 2.05) is 42.8 Å². The maximum Gasteiger partial charge on any atom is 0.266 e. The van der Waals surface area contributed by atoms with Gasteiger partial charge in [0, 0.05) is 12.6 Å². The van der Waals surface area contributed by atoms with E-state index in [0.717, 1.165) is 27.6 Å². The summed E-state index contributed by atoms with van der Waals surface area (Å²) in [6.07, 6.45) is 1.22. The van der Waals surface area contributed by atoms with Crippen molar-refractivity contribution in [3.63, 3.8) is 0 Å². The van der Waals surface area contributed by atoms with E-state index in [1.165, 1.54) is 12.3 Å². The molecule has 7 nitrogen and oxygen atoms in total. The molecule has 0 atom stereocenters. The van der Waals surface area contributed by atoms with Crippen molar-refractivity contribution in [2.24, 2.45) is 4.99 Å². The van der Waals surface area contributed by atoms with Gasteiger partial charge in [0.15, 0.2) is 5.82 Å². The summed E-state index contributed by atoms with van der Waals surface area (Å²) in [5.41, 5.74) is 3.05. The molecule has 5 rings (SSSR count). The smallest absolute Gasteiger partial charge is 0.266 e. The van der Waals surface area contributed by atoms with Crippen LogP contribution in [0.4, 0.5) is 10.2 Å². The summed E-state index contributed by atoms with van der Waals surface area (Å²) in [6, 6.07) is 11.0. The number of aromatic nitrogens is 3. The van der Waals surface area contributed by atoms with E-state index >= 15 is 0 Å². The van der Waals surface area contributed by atoms with Gasteiger partial charge in [-0.3, -0.25) is 24.3 Å². The zero-order valence-electron chi connectivity index (χ0n) is 21.0. The van der Waals surface area contributed by atoms with Crippen LogP contribution in [0.1, 0.15) is 50.5 Å². The molecule has 0 N–H and O–H groups in total. The lowest BCUT2D eigenvalue weighted by Crippen LogP contribution is -2.48. The average molecular weight is 495 g/mol. The number of amides is 1. The highest BCUT2D eigenvalue weighted by molar-refractivity contribution is 7.99. The van der Waals surface area contributed by atoms with E-state index in [4.69, 9.17) is 10.1 Å². The molecular formula is C26H31FN6OS. The minimum atomic E-state index is -0.353. The monoisotopic (exact) mass is 494 g/mol.